The molecule has 0 saturated heterocycles. The summed E-state index contributed by atoms with van der Waals surface area (Å²) in [5.74, 6) is 1.67. The Kier molecular flexibility index (Phi) is 5.23. The van der Waals surface area contributed by atoms with E-state index in [1.165, 1.54) is 18.4 Å². The highest BCUT2D eigenvalue weighted by molar-refractivity contribution is 5.37. The molecular formula is C16H25NO2. The number of rotatable bonds is 7. The van der Waals surface area contributed by atoms with Crippen molar-refractivity contribution in [2.24, 2.45) is 0 Å². The lowest BCUT2D eigenvalue weighted by Gasteiger charge is -2.38. The number of ether oxygens (including phenoxy) is 2. The van der Waals surface area contributed by atoms with Crippen molar-refractivity contribution in [3.8, 4) is 5.75 Å². The summed E-state index contributed by atoms with van der Waals surface area (Å²) in [4.78, 5) is 0. The molecule has 19 heavy (non-hydrogen) atoms. The predicted molar refractivity (Wildman–Crippen MR) is 77.8 cm³/mol. The lowest BCUT2D eigenvalue weighted by atomic mass is 9.75. The summed E-state index contributed by atoms with van der Waals surface area (Å²) in [6.45, 7) is 3.06. The van der Waals surface area contributed by atoms with Crippen LogP contribution < -0.4 is 10.1 Å². The zero-order chi connectivity index (χ0) is 13.7. The SMILES string of the molecule is COCCC(C)NC1CC(c2ccccc2OC)C1. The van der Waals surface area contributed by atoms with Crippen LogP contribution in [0.2, 0.25) is 0 Å². The largest absolute Gasteiger partial charge is 0.496 e. The molecular weight excluding hydrogens is 238 g/mol. The van der Waals surface area contributed by atoms with Gasteiger partial charge in [-0.2, -0.15) is 0 Å². The van der Waals surface area contributed by atoms with Crippen molar-refractivity contribution in [1.82, 2.24) is 5.32 Å². The zero-order valence-electron chi connectivity index (χ0n) is 12.2. The smallest absolute Gasteiger partial charge is 0.122 e. The van der Waals surface area contributed by atoms with Crippen molar-refractivity contribution in [3.63, 3.8) is 0 Å². The summed E-state index contributed by atoms with van der Waals surface area (Å²) in [6, 6.07) is 9.54. The Morgan fingerprint density at radius 3 is 2.68 bits per heavy atom. The molecule has 1 aromatic carbocycles. The molecule has 1 N–H and O–H groups in total. The van der Waals surface area contributed by atoms with Gasteiger partial charge in [-0.25, -0.2) is 0 Å². The van der Waals surface area contributed by atoms with Crippen LogP contribution in [0.5, 0.6) is 5.75 Å². The average molecular weight is 263 g/mol. The molecule has 2 rings (SSSR count). The summed E-state index contributed by atoms with van der Waals surface area (Å²) in [7, 11) is 3.51. The second kappa shape index (κ2) is 6.92. The fourth-order valence-electron chi connectivity index (χ4n) is 2.79. The van der Waals surface area contributed by atoms with Crippen molar-refractivity contribution >= 4 is 0 Å². The first-order valence-corrected chi connectivity index (χ1v) is 7.12. The van der Waals surface area contributed by atoms with Gasteiger partial charge in [0.2, 0.25) is 0 Å². The molecule has 1 aromatic rings. The average Bonchev–Trinajstić information content (AvgIpc) is 2.40. The monoisotopic (exact) mass is 263 g/mol. The van der Waals surface area contributed by atoms with E-state index in [1.807, 2.05) is 6.07 Å². The van der Waals surface area contributed by atoms with Crippen LogP contribution >= 0.6 is 0 Å². The Bertz CT molecular complexity index is 388. The molecule has 3 heteroatoms. The van der Waals surface area contributed by atoms with Crippen LogP contribution in [0.1, 0.15) is 37.7 Å². The first-order valence-electron chi connectivity index (χ1n) is 7.12. The van der Waals surface area contributed by atoms with Gasteiger partial charge in [0.15, 0.2) is 0 Å². The standard InChI is InChI=1S/C16H25NO2/c1-12(8-9-18-2)17-14-10-13(11-14)15-6-4-5-7-16(15)19-3/h4-7,12-14,17H,8-11H2,1-3H3. The highest BCUT2D eigenvalue weighted by Gasteiger charge is 2.32. The number of para-hydroxylation sites is 1. The second-order valence-electron chi connectivity index (χ2n) is 5.46. The number of nitrogens with one attached hydrogen (secondary N) is 1. The van der Waals surface area contributed by atoms with Gasteiger partial charge < -0.3 is 14.8 Å². The minimum absolute atomic E-state index is 0.531. The van der Waals surface area contributed by atoms with Crippen LogP contribution in [0.4, 0.5) is 0 Å². The van der Waals surface area contributed by atoms with E-state index in [4.69, 9.17) is 9.47 Å². The van der Waals surface area contributed by atoms with E-state index in [2.05, 4.69) is 30.4 Å². The summed E-state index contributed by atoms with van der Waals surface area (Å²) < 4.78 is 10.5. The van der Waals surface area contributed by atoms with Gasteiger partial charge in [-0.1, -0.05) is 18.2 Å². The molecule has 1 aliphatic carbocycles. The summed E-state index contributed by atoms with van der Waals surface area (Å²) in [5.41, 5.74) is 1.35. The molecule has 0 heterocycles. The van der Waals surface area contributed by atoms with Crippen LogP contribution in [0, 0.1) is 0 Å². The van der Waals surface area contributed by atoms with Gasteiger partial charge >= 0.3 is 0 Å². The van der Waals surface area contributed by atoms with Crippen molar-refractivity contribution in [2.45, 2.75) is 44.2 Å². The van der Waals surface area contributed by atoms with Gasteiger partial charge in [-0.05, 0) is 43.7 Å². The number of hydrogen-bond donors (Lipinski definition) is 1. The normalized spacial score (nSPS) is 23.7. The third kappa shape index (κ3) is 3.71. The number of hydrogen-bond acceptors (Lipinski definition) is 3. The van der Waals surface area contributed by atoms with Gasteiger partial charge in [-0.15, -0.1) is 0 Å². The third-order valence-electron chi connectivity index (χ3n) is 3.99. The van der Waals surface area contributed by atoms with Crippen molar-refractivity contribution in [2.75, 3.05) is 20.8 Å². The Morgan fingerprint density at radius 1 is 1.26 bits per heavy atom. The van der Waals surface area contributed by atoms with Gasteiger partial charge in [0.05, 0.1) is 7.11 Å². The maximum atomic E-state index is 5.43. The molecule has 0 radical (unpaired) electrons. The van der Waals surface area contributed by atoms with E-state index < -0.39 is 0 Å². The Balaban J connectivity index is 1.79. The molecule has 1 atom stereocenters. The van der Waals surface area contributed by atoms with Gasteiger partial charge in [0.25, 0.3) is 0 Å². The summed E-state index contributed by atoms with van der Waals surface area (Å²) in [6.07, 6.45) is 3.49. The van der Waals surface area contributed by atoms with E-state index >= 15 is 0 Å². The molecule has 0 bridgehead atoms. The van der Waals surface area contributed by atoms with Crippen LogP contribution in [0.3, 0.4) is 0 Å². The second-order valence-corrected chi connectivity index (χ2v) is 5.46. The minimum atomic E-state index is 0.531. The summed E-state index contributed by atoms with van der Waals surface area (Å²) in [5, 5.41) is 3.67. The van der Waals surface area contributed by atoms with E-state index in [9.17, 15) is 0 Å². The fraction of sp³-hybridized carbons (Fsp3) is 0.625. The van der Waals surface area contributed by atoms with Crippen molar-refractivity contribution < 1.29 is 9.47 Å². The van der Waals surface area contributed by atoms with Crippen LogP contribution in [0.25, 0.3) is 0 Å². The molecule has 0 spiro atoms. The Hall–Kier alpha value is -1.06. The van der Waals surface area contributed by atoms with Gasteiger partial charge in [-0.3, -0.25) is 0 Å². The summed E-state index contributed by atoms with van der Waals surface area (Å²) >= 11 is 0. The first-order chi connectivity index (χ1) is 9.24. The maximum Gasteiger partial charge on any atom is 0.122 e. The van der Waals surface area contributed by atoms with E-state index in [0.717, 1.165) is 18.8 Å². The molecule has 0 aliphatic heterocycles. The van der Waals surface area contributed by atoms with Crippen LogP contribution in [-0.4, -0.2) is 32.9 Å². The molecule has 0 amide bonds. The van der Waals surface area contributed by atoms with E-state index in [0.29, 0.717) is 18.0 Å². The molecule has 0 aromatic heterocycles. The molecule has 1 aliphatic rings. The lowest BCUT2D eigenvalue weighted by molar-refractivity contribution is 0.174. The highest BCUT2D eigenvalue weighted by atomic mass is 16.5. The molecule has 106 valence electrons. The molecule has 1 saturated carbocycles. The molecule has 1 fully saturated rings. The fourth-order valence-corrected chi connectivity index (χ4v) is 2.79. The third-order valence-corrected chi connectivity index (χ3v) is 3.99. The molecule has 3 nitrogen and oxygen atoms in total. The van der Waals surface area contributed by atoms with Crippen molar-refractivity contribution in [3.05, 3.63) is 29.8 Å². The quantitative estimate of drug-likeness (QED) is 0.820. The topological polar surface area (TPSA) is 30.5 Å². The Labute approximate surface area is 116 Å². The molecule has 1 unspecified atom stereocenters. The van der Waals surface area contributed by atoms with E-state index in [-0.39, 0.29) is 0 Å². The highest BCUT2D eigenvalue weighted by Crippen LogP contribution is 2.41. The van der Waals surface area contributed by atoms with Crippen LogP contribution in [0.15, 0.2) is 24.3 Å². The zero-order valence-corrected chi connectivity index (χ0v) is 12.2. The first kappa shape index (κ1) is 14.4. The number of benzene rings is 1. The number of methoxy groups -OCH3 is 2. The minimum Gasteiger partial charge on any atom is -0.496 e. The van der Waals surface area contributed by atoms with Gasteiger partial charge in [0.1, 0.15) is 5.75 Å². The van der Waals surface area contributed by atoms with Crippen molar-refractivity contribution in [1.29, 1.82) is 0 Å². The predicted octanol–water partition coefficient (Wildman–Crippen LogP) is 2.96. The lowest BCUT2D eigenvalue weighted by Crippen LogP contribution is -2.44. The van der Waals surface area contributed by atoms with Gasteiger partial charge in [0, 0.05) is 25.8 Å². The maximum absolute atomic E-state index is 5.43. The Morgan fingerprint density at radius 2 is 2.00 bits per heavy atom. The van der Waals surface area contributed by atoms with Crippen LogP contribution in [-0.2, 0) is 4.74 Å². The van der Waals surface area contributed by atoms with E-state index in [1.54, 1.807) is 14.2 Å².